The van der Waals surface area contributed by atoms with E-state index in [2.05, 4.69) is 47.8 Å². The maximum absolute atomic E-state index is 5.92. The highest BCUT2D eigenvalue weighted by Gasteiger charge is 2.53. The fourth-order valence-electron chi connectivity index (χ4n) is 5.81. The number of likely N-dealkylation sites (N-methyl/N-ethyl adjacent to an activating group) is 4. The Balaban J connectivity index is 0. The largest absolute Gasteiger partial charge is 0.326 e. The van der Waals surface area contributed by atoms with E-state index in [1.807, 2.05) is 0 Å². The van der Waals surface area contributed by atoms with Gasteiger partial charge < -0.3 is 42.5 Å². The fourth-order valence-corrected chi connectivity index (χ4v) is 5.81. The van der Waals surface area contributed by atoms with E-state index in [4.69, 9.17) is 22.9 Å². The van der Waals surface area contributed by atoms with Crippen LogP contribution in [-0.2, 0) is 0 Å². The minimum absolute atomic E-state index is 0. The summed E-state index contributed by atoms with van der Waals surface area (Å²) in [6.07, 6.45) is 7.85. The topological polar surface area (TPSA) is 117 Å². The molecule has 6 aliphatic rings. The highest BCUT2D eigenvalue weighted by Crippen LogP contribution is 2.52. The molecule has 0 aromatic heterocycles. The molecule has 36 heavy (non-hydrogen) atoms. The predicted molar refractivity (Wildman–Crippen MR) is 176 cm³/mol. The third-order valence-electron chi connectivity index (χ3n) is 8.40. The molecule has 4 heterocycles. The van der Waals surface area contributed by atoms with Gasteiger partial charge in [-0.2, -0.15) is 54.0 Å². The Kier molecular flexibility index (Phi) is 18.5. The second-order valence-electron chi connectivity index (χ2n) is 12.0. The van der Waals surface area contributed by atoms with Crippen molar-refractivity contribution in [3.63, 3.8) is 0 Å². The first kappa shape index (κ1) is 39.2. The van der Waals surface area contributed by atoms with Gasteiger partial charge in [-0.3, -0.25) is 0 Å². The van der Waals surface area contributed by atoms with Gasteiger partial charge in [0.25, 0.3) is 0 Å². The van der Waals surface area contributed by atoms with E-state index in [1.54, 1.807) is 0 Å². The molecule has 2 saturated carbocycles. The lowest BCUT2D eigenvalue weighted by Gasteiger charge is -2.08. The van der Waals surface area contributed by atoms with Crippen LogP contribution < -0.4 is 22.9 Å². The van der Waals surface area contributed by atoms with Crippen molar-refractivity contribution in [2.75, 3.05) is 80.5 Å². The minimum atomic E-state index is 0. The van der Waals surface area contributed by atoms with Crippen molar-refractivity contribution in [1.82, 2.24) is 19.6 Å². The number of rotatable bonds is 0. The third kappa shape index (κ3) is 11.7. The summed E-state index contributed by atoms with van der Waals surface area (Å²) < 4.78 is 0. The van der Waals surface area contributed by atoms with Crippen LogP contribution in [0.25, 0.3) is 0 Å². The van der Waals surface area contributed by atoms with E-state index < -0.39 is 0 Å². The SMILES string of the molecule is CN1CC(N)C2(CC2)C1.CN1CC(N)C2(CC2)C1.CN1CCC(N)C1.CN1CCC(N)C1.S.S.S.S. The van der Waals surface area contributed by atoms with Crippen LogP contribution in [0.4, 0.5) is 0 Å². The van der Waals surface area contributed by atoms with Crippen molar-refractivity contribution in [2.45, 2.75) is 62.7 Å². The zero-order valence-electron chi connectivity index (χ0n) is 23.3. The van der Waals surface area contributed by atoms with Gasteiger partial charge in [-0.05, 0) is 90.6 Å². The Labute approximate surface area is 249 Å². The summed E-state index contributed by atoms with van der Waals surface area (Å²) in [5.74, 6) is 0. The zero-order valence-corrected chi connectivity index (χ0v) is 27.3. The lowest BCUT2D eigenvalue weighted by molar-refractivity contribution is 0.389. The first-order chi connectivity index (χ1) is 15.0. The number of nitrogens with two attached hydrogens (primary N) is 4. The average molecular weight is 589 g/mol. The van der Waals surface area contributed by atoms with Crippen LogP contribution in [0.3, 0.4) is 0 Å². The highest BCUT2D eigenvalue weighted by molar-refractivity contribution is 7.59. The smallest absolute Gasteiger partial charge is 0.0237 e. The van der Waals surface area contributed by atoms with Gasteiger partial charge in [0.1, 0.15) is 0 Å². The molecule has 6 fully saturated rings. The Morgan fingerprint density at radius 1 is 0.500 bits per heavy atom. The Hall–Kier alpha value is 1.08. The van der Waals surface area contributed by atoms with E-state index >= 15 is 0 Å². The van der Waals surface area contributed by atoms with E-state index in [-0.39, 0.29) is 54.0 Å². The van der Waals surface area contributed by atoms with Crippen molar-refractivity contribution in [3.05, 3.63) is 0 Å². The maximum atomic E-state index is 5.92. The second-order valence-corrected chi connectivity index (χ2v) is 12.0. The third-order valence-corrected chi connectivity index (χ3v) is 8.40. The Bertz CT molecular complexity index is 530. The van der Waals surface area contributed by atoms with Crippen LogP contribution in [0.1, 0.15) is 38.5 Å². The molecule has 0 bridgehead atoms. The van der Waals surface area contributed by atoms with E-state index in [9.17, 15) is 0 Å². The Morgan fingerprint density at radius 3 is 0.889 bits per heavy atom. The van der Waals surface area contributed by atoms with E-state index in [0.717, 1.165) is 26.2 Å². The summed E-state index contributed by atoms with van der Waals surface area (Å²) in [6.45, 7) is 9.24. The molecule has 0 radical (unpaired) electrons. The van der Waals surface area contributed by atoms with Crippen molar-refractivity contribution >= 4 is 54.0 Å². The summed E-state index contributed by atoms with van der Waals surface area (Å²) in [6, 6.07) is 1.85. The van der Waals surface area contributed by atoms with Gasteiger partial charge in [-0.1, -0.05) is 0 Å². The number of hydrogen-bond acceptors (Lipinski definition) is 8. The molecule has 8 N–H and O–H groups in total. The molecule has 4 saturated heterocycles. The van der Waals surface area contributed by atoms with Gasteiger partial charge in [0.15, 0.2) is 0 Å². The monoisotopic (exact) mass is 588 g/mol. The summed E-state index contributed by atoms with van der Waals surface area (Å²) >= 11 is 0. The molecule has 4 atom stereocenters. The first-order valence-electron chi connectivity index (χ1n) is 12.8. The molecule has 220 valence electrons. The lowest BCUT2D eigenvalue weighted by atomic mass is 10.0. The van der Waals surface area contributed by atoms with Crippen LogP contribution in [0, 0.1) is 10.8 Å². The van der Waals surface area contributed by atoms with Crippen LogP contribution in [0.15, 0.2) is 0 Å². The fraction of sp³-hybridized carbons (Fsp3) is 1.00. The van der Waals surface area contributed by atoms with Crippen molar-refractivity contribution in [1.29, 1.82) is 0 Å². The molecule has 8 nitrogen and oxygen atoms in total. The van der Waals surface area contributed by atoms with Crippen LogP contribution >= 0.6 is 54.0 Å². The highest BCUT2D eigenvalue weighted by atomic mass is 32.1. The van der Waals surface area contributed by atoms with Gasteiger partial charge in [0.2, 0.25) is 0 Å². The van der Waals surface area contributed by atoms with E-state index in [1.165, 1.54) is 64.7 Å². The average Bonchev–Trinajstić information content (AvgIpc) is 3.52. The van der Waals surface area contributed by atoms with Gasteiger partial charge in [0, 0.05) is 63.4 Å². The van der Waals surface area contributed by atoms with Crippen LogP contribution in [0.2, 0.25) is 0 Å². The molecular weight excluding hydrogens is 529 g/mol. The van der Waals surface area contributed by atoms with Gasteiger partial charge in [-0.15, -0.1) is 0 Å². The standard InChI is InChI=1S/2C7H14N2.2C5H12N2.4H2S/c2*1-9-4-6(8)7(5-9)2-3-7;2*1-7-3-2-5(6)4-7;;;;/h2*6H,2-5,8H2,1H3;2*5H,2-4,6H2,1H3;4*1H2. The molecule has 0 aromatic rings. The molecule has 12 heteroatoms. The van der Waals surface area contributed by atoms with Gasteiger partial charge >= 0.3 is 0 Å². The predicted octanol–water partition coefficient (Wildman–Crippen LogP) is -0.172. The second kappa shape index (κ2) is 17.0. The van der Waals surface area contributed by atoms with Gasteiger partial charge in [0.05, 0.1) is 0 Å². The number of nitrogens with zero attached hydrogens (tertiary/aromatic N) is 4. The van der Waals surface area contributed by atoms with Crippen LogP contribution in [-0.4, -0.2) is 124 Å². The zero-order chi connectivity index (χ0) is 23.5. The van der Waals surface area contributed by atoms with Crippen molar-refractivity contribution in [2.24, 2.45) is 33.8 Å². The number of hydrogen-bond donors (Lipinski definition) is 4. The summed E-state index contributed by atoms with van der Waals surface area (Å²) in [5, 5.41) is 0. The van der Waals surface area contributed by atoms with Gasteiger partial charge in [-0.25, -0.2) is 0 Å². The lowest BCUT2D eigenvalue weighted by Crippen LogP contribution is -2.30. The number of likely N-dealkylation sites (tertiary alicyclic amines) is 4. The summed E-state index contributed by atoms with van der Waals surface area (Å²) in [4.78, 5) is 9.20. The minimum Gasteiger partial charge on any atom is -0.326 e. The van der Waals surface area contributed by atoms with Crippen molar-refractivity contribution < 1.29 is 0 Å². The van der Waals surface area contributed by atoms with Crippen LogP contribution in [0.5, 0.6) is 0 Å². The normalized spacial score (nSPS) is 33.3. The molecule has 0 amide bonds. The summed E-state index contributed by atoms with van der Waals surface area (Å²) in [5.41, 5.74) is 24.2. The Morgan fingerprint density at radius 2 is 0.806 bits per heavy atom. The molecule has 2 spiro atoms. The maximum Gasteiger partial charge on any atom is 0.0237 e. The molecule has 4 aliphatic heterocycles. The molecule has 6 rings (SSSR count). The summed E-state index contributed by atoms with van der Waals surface area (Å²) in [7, 11) is 8.53. The molecule has 4 unspecified atom stereocenters. The van der Waals surface area contributed by atoms with Crippen molar-refractivity contribution in [3.8, 4) is 0 Å². The molecule has 2 aliphatic carbocycles. The van der Waals surface area contributed by atoms with E-state index in [0.29, 0.717) is 35.0 Å². The molecule has 0 aromatic carbocycles. The molecular formula is C24H60N8S4. The first-order valence-corrected chi connectivity index (χ1v) is 12.8. The quantitative estimate of drug-likeness (QED) is 0.308.